The Hall–Kier alpha value is -0.870. The molecule has 0 bridgehead atoms. The standard InChI is InChI=1S/C10H13NO2S/c1-7-5-9-8(6-11)3-2-4-10(9)14(7,12)13/h2-4,7H,5-6,11H2,1H3. The Morgan fingerprint density at radius 1 is 1.50 bits per heavy atom. The highest BCUT2D eigenvalue weighted by Gasteiger charge is 2.34. The van der Waals surface area contributed by atoms with Crippen LogP contribution in [0.25, 0.3) is 0 Å². The van der Waals surface area contributed by atoms with Crippen molar-refractivity contribution in [2.24, 2.45) is 5.73 Å². The molecule has 0 aliphatic carbocycles. The first kappa shape index (κ1) is 9.68. The summed E-state index contributed by atoms with van der Waals surface area (Å²) in [6.07, 6.45) is 0.602. The summed E-state index contributed by atoms with van der Waals surface area (Å²) >= 11 is 0. The first-order valence-electron chi connectivity index (χ1n) is 4.62. The van der Waals surface area contributed by atoms with Crippen LogP contribution in [0.4, 0.5) is 0 Å². The van der Waals surface area contributed by atoms with Crippen LogP contribution >= 0.6 is 0 Å². The molecule has 4 heteroatoms. The van der Waals surface area contributed by atoms with Crippen LogP contribution in [-0.4, -0.2) is 13.7 Å². The molecular formula is C10H13NO2S. The lowest BCUT2D eigenvalue weighted by molar-refractivity contribution is 0.590. The SMILES string of the molecule is CC1Cc2c(CN)cccc2S1(=O)=O. The summed E-state index contributed by atoms with van der Waals surface area (Å²) in [5.41, 5.74) is 7.44. The van der Waals surface area contributed by atoms with Crippen LogP contribution in [0.3, 0.4) is 0 Å². The Bertz CT molecular complexity index is 465. The highest BCUT2D eigenvalue weighted by molar-refractivity contribution is 7.92. The van der Waals surface area contributed by atoms with Crippen molar-refractivity contribution in [3.63, 3.8) is 0 Å². The second kappa shape index (κ2) is 3.07. The predicted molar refractivity (Wildman–Crippen MR) is 54.7 cm³/mol. The molecule has 0 amide bonds. The van der Waals surface area contributed by atoms with Gasteiger partial charge in [-0.3, -0.25) is 0 Å². The lowest BCUT2D eigenvalue weighted by Crippen LogP contribution is -2.11. The van der Waals surface area contributed by atoms with Crippen LogP contribution in [0.1, 0.15) is 18.1 Å². The van der Waals surface area contributed by atoms with E-state index >= 15 is 0 Å². The summed E-state index contributed by atoms with van der Waals surface area (Å²) in [4.78, 5) is 0.480. The fraction of sp³-hybridized carbons (Fsp3) is 0.400. The number of rotatable bonds is 1. The Labute approximate surface area is 83.9 Å². The molecule has 14 heavy (non-hydrogen) atoms. The van der Waals surface area contributed by atoms with Crippen molar-refractivity contribution in [1.82, 2.24) is 0 Å². The fourth-order valence-corrected chi connectivity index (χ4v) is 3.56. The maximum atomic E-state index is 11.8. The molecule has 0 fully saturated rings. The minimum atomic E-state index is -3.07. The van der Waals surface area contributed by atoms with Gasteiger partial charge in [0.15, 0.2) is 9.84 Å². The van der Waals surface area contributed by atoms with Crippen LogP contribution in [0.15, 0.2) is 23.1 Å². The molecule has 0 saturated carbocycles. The van der Waals surface area contributed by atoms with Gasteiger partial charge in [0.2, 0.25) is 0 Å². The normalized spacial score (nSPS) is 23.4. The van der Waals surface area contributed by atoms with Crippen LogP contribution in [0, 0.1) is 0 Å². The highest BCUT2D eigenvalue weighted by Crippen LogP contribution is 2.32. The van der Waals surface area contributed by atoms with Gasteiger partial charge in [0.05, 0.1) is 10.1 Å². The Balaban J connectivity index is 2.70. The van der Waals surface area contributed by atoms with Crippen molar-refractivity contribution in [1.29, 1.82) is 0 Å². The van der Waals surface area contributed by atoms with Crippen molar-refractivity contribution >= 4 is 9.84 Å². The summed E-state index contributed by atoms with van der Waals surface area (Å²) in [7, 11) is -3.07. The van der Waals surface area contributed by atoms with Gasteiger partial charge < -0.3 is 5.73 Å². The topological polar surface area (TPSA) is 60.2 Å². The molecule has 0 aromatic heterocycles. The molecule has 1 heterocycles. The Morgan fingerprint density at radius 2 is 2.21 bits per heavy atom. The minimum Gasteiger partial charge on any atom is -0.326 e. The Morgan fingerprint density at radius 3 is 2.86 bits per heavy atom. The van der Waals surface area contributed by atoms with Crippen LogP contribution in [0.5, 0.6) is 0 Å². The van der Waals surface area contributed by atoms with Crippen molar-refractivity contribution < 1.29 is 8.42 Å². The number of hydrogen-bond acceptors (Lipinski definition) is 3. The van der Waals surface area contributed by atoms with E-state index in [0.29, 0.717) is 17.9 Å². The van der Waals surface area contributed by atoms with Crippen molar-refractivity contribution in [2.45, 2.75) is 30.0 Å². The molecular weight excluding hydrogens is 198 g/mol. The average molecular weight is 211 g/mol. The van der Waals surface area contributed by atoms with Gasteiger partial charge in [0, 0.05) is 6.54 Å². The van der Waals surface area contributed by atoms with Gasteiger partial charge >= 0.3 is 0 Å². The van der Waals surface area contributed by atoms with Crippen LogP contribution < -0.4 is 5.73 Å². The van der Waals surface area contributed by atoms with Crippen molar-refractivity contribution in [3.8, 4) is 0 Å². The smallest absolute Gasteiger partial charge is 0.181 e. The van der Waals surface area contributed by atoms with Gasteiger partial charge in [-0.1, -0.05) is 12.1 Å². The molecule has 1 unspecified atom stereocenters. The van der Waals surface area contributed by atoms with E-state index in [-0.39, 0.29) is 5.25 Å². The minimum absolute atomic E-state index is 0.301. The zero-order chi connectivity index (χ0) is 10.3. The Kier molecular flexibility index (Phi) is 2.12. The maximum absolute atomic E-state index is 11.8. The molecule has 3 nitrogen and oxygen atoms in total. The van der Waals surface area contributed by atoms with Crippen molar-refractivity contribution in [2.75, 3.05) is 0 Å². The van der Waals surface area contributed by atoms with Gasteiger partial charge in [-0.05, 0) is 30.5 Å². The predicted octanol–water partition coefficient (Wildman–Crippen LogP) is 0.864. The van der Waals surface area contributed by atoms with E-state index in [1.54, 1.807) is 19.1 Å². The van der Waals surface area contributed by atoms with Gasteiger partial charge in [0.25, 0.3) is 0 Å². The summed E-state index contributed by atoms with van der Waals surface area (Å²) in [6, 6.07) is 5.33. The number of fused-ring (bicyclic) bond motifs is 1. The molecule has 2 N–H and O–H groups in total. The highest BCUT2D eigenvalue weighted by atomic mass is 32.2. The number of hydrogen-bond donors (Lipinski definition) is 1. The number of benzene rings is 1. The third-order valence-electron chi connectivity index (χ3n) is 2.78. The number of sulfone groups is 1. The zero-order valence-corrected chi connectivity index (χ0v) is 8.84. The van der Waals surface area contributed by atoms with Crippen molar-refractivity contribution in [3.05, 3.63) is 29.3 Å². The monoisotopic (exact) mass is 211 g/mol. The average Bonchev–Trinajstić information content (AvgIpc) is 2.39. The van der Waals surface area contributed by atoms with Gasteiger partial charge in [0.1, 0.15) is 0 Å². The van der Waals surface area contributed by atoms with E-state index in [1.807, 2.05) is 6.07 Å². The largest absolute Gasteiger partial charge is 0.326 e. The third-order valence-corrected chi connectivity index (χ3v) is 5.00. The molecule has 0 spiro atoms. The summed E-state index contributed by atoms with van der Waals surface area (Å²) in [5, 5.41) is -0.301. The van der Waals surface area contributed by atoms with E-state index in [1.165, 1.54) is 0 Å². The van der Waals surface area contributed by atoms with E-state index in [2.05, 4.69) is 0 Å². The third kappa shape index (κ3) is 1.18. The van der Waals surface area contributed by atoms with E-state index in [9.17, 15) is 8.42 Å². The lowest BCUT2D eigenvalue weighted by atomic mass is 10.0. The van der Waals surface area contributed by atoms with Gasteiger partial charge in [-0.2, -0.15) is 0 Å². The first-order chi connectivity index (χ1) is 6.57. The molecule has 76 valence electrons. The maximum Gasteiger partial charge on any atom is 0.181 e. The summed E-state index contributed by atoms with van der Waals surface area (Å²) in [6.45, 7) is 2.15. The molecule has 0 radical (unpaired) electrons. The van der Waals surface area contributed by atoms with Crippen LogP contribution in [0.2, 0.25) is 0 Å². The number of nitrogens with two attached hydrogens (primary N) is 1. The van der Waals surface area contributed by atoms with Gasteiger partial charge in [-0.15, -0.1) is 0 Å². The second-order valence-corrected chi connectivity index (χ2v) is 5.99. The molecule has 1 aromatic rings. The van der Waals surface area contributed by atoms with E-state index in [0.717, 1.165) is 11.1 Å². The fourth-order valence-electron chi connectivity index (χ4n) is 1.91. The first-order valence-corrected chi connectivity index (χ1v) is 6.16. The second-order valence-electron chi connectivity index (χ2n) is 3.66. The van der Waals surface area contributed by atoms with E-state index < -0.39 is 9.84 Å². The summed E-state index contributed by atoms with van der Waals surface area (Å²) < 4.78 is 23.6. The van der Waals surface area contributed by atoms with Gasteiger partial charge in [-0.25, -0.2) is 8.42 Å². The van der Waals surface area contributed by atoms with E-state index in [4.69, 9.17) is 5.73 Å². The molecule has 1 aliphatic heterocycles. The molecule has 2 rings (SSSR count). The molecule has 0 saturated heterocycles. The molecule has 1 aliphatic rings. The quantitative estimate of drug-likeness (QED) is 0.749. The van der Waals surface area contributed by atoms with Crippen LogP contribution in [-0.2, 0) is 22.8 Å². The lowest BCUT2D eigenvalue weighted by Gasteiger charge is -2.03. The molecule has 1 atom stereocenters. The summed E-state index contributed by atoms with van der Waals surface area (Å²) in [5.74, 6) is 0. The zero-order valence-electron chi connectivity index (χ0n) is 8.03. The molecule has 1 aromatic carbocycles.